The lowest BCUT2D eigenvalue weighted by atomic mass is 10.3. The number of ether oxygens (including phenoxy) is 1. The number of halogens is 1. The van der Waals surface area contributed by atoms with Gasteiger partial charge in [0.2, 0.25) is 10.0 Å². The molecule has 9 heteroatoms. The largest absolute Gasteiger partial charge is 0.492 e. The second-order valence-corrected chi connectivity index (χ2v) is 5.77. The quantitative estimate of drug-likeness (QED) is 0.641. The summed E-state index contributed by atoms with van der Waals surface area (Å²) >= 11 is 3.09. The average Bonchev–Trinajstić information content (AvgIpc) is 2.14. The summed E-state index contributed by atoms with van der Waals surface area (Å²) in [5.74, 6) is -0.150. The molecule has 0 radical (unpaired) electrons. The molecular weight excluding hydrogens is 316 g/mol. The van der Waals surface area contributed by atoms with E-state index < -0.39 is 14.9 Å². The van der Waals surface area contributed by atoms with E-state index in [0.29, 0.717) is 4.47 Å². The molecule has 7 nitrogen and oxygen atoms in total. The second-order valence-electron chi connectivity index (χ2n) is 3.12. The molecule has 0 heterocycles. The molecule has 2 N–H and O–H groups in total. The number of primary sulfonamides is 1. The maximum absolute atomic E-state index is 10.6. The first-order valence-corrected chi connectivity index (χ1v) is 6.87. The number of hydrogen-bond donors (Lipinski definition) is 1. The fourth-order valence-corrected chi connectivity index (χ4v) is 1.79. The van der Waals surface area contributed by atoms with Gasteiger partial charge in [-0.2, -0.15) is 0 Å². The first kappa shape index (κ1) is 13.9. The minimum Gasteiger partial charge on any atom is -0.492 e. The van der Waals surface area contributed by atoms with Gasteiger partial charge in [0.25, 0.3) is 5.69 Å². The van der Waals surface area contributed by atoms with Crippen LogP contribution in [0.25, 0.3) is 0 Å². The molecule has 0 fully saturated rings. The summed E-state index contributed by atoms with van der Waals surface area (Å²) in [4.78, 5) is 9.98. The zero-order chi connectivity index (χ0) is 13.1. The maximum Gasteiger partial charge on any atom is 0.274 e. The molecule has 1 rings (SSSR count). The number of nitrogens with zero attached hydrogens (tertiary/aromatic N) is 1. The number of benzene rings is 1. The van der Waals surface area contributed by atoms with E-state index in [1.165, 1.54) is 18.2 Å². The van der Waals surface area contributed by atoms with Crippen molar-refractivity contribution in [3.63, 3.8) is 0 Å². The first-order chi connectivity index (χ1) is 7.78. The molecule has 0 aliphatic carbocycles. The van der Waals surface area contributed by atoms with Crippen LogP contribution in [0.3, 0.4) is 0 Å². The summed E-state index contributed by atoms with van der Waals surface area (Å²) < 4.78 is 26.8. The molecule has 0 aliphatic rings. The summed E-state index contributed by atoms with van der Waals surface area (Å²) in [5.41, 5.74) is -0.148. The maximum atomic E-state index is 10.6. The summed E-state index contributed by atoms with van der Waals surface area (Å²) in [5, 5.41) is 15.3. The van der Waals surface area contributed by atoms with Crippen molar-refractivity contribution in [2.45, 2.75) is 0 Å². The SMILES string of the molecule is NS(=O)(=O)CCOc1cc(Br)cc([N+](=O)[O-])c1. The summed E-state index contributed by atoms with van der Waals surface area (Å²) in [6.07, 6.45) is 0. The molecule has 0 spiro atoms. The van der Waals surface area contributed by atoms with Crippen LogP contribution in [0.4, 0.5) is 5.69 Å². The van der Waals surface area contributed by atoms with Gasteiger partial charge in [0.05, 0.1) is 16.7 Å². The standard InChI is InChI=1S/C8H9BrN2O5S/c9-6-3-7(11(12)13)5-8(4-6)16-1-2-17(10,14)15/h3-5H,1-2H2,(H2,10,14,15). The van der Waals surface area contributed by atoms with E-state index in [1.54, 1.807) is 0 Å². The highest BCUT2D eigenvalue weighted by Gasteiger charge is 2.10. The number of nitro groups is 1. The van der Waals surface area contributed by atoms with E-state index in [2.05, 4.69) is 15.9 Å². The van der Waals surface area contributed by atoms with Gasteiger partial charge in [-0.05, 0) is 6.07 Å². The second kappa shape index (κ2) is 5.43. The van der Waals surface area contributed by atoms with Gasteiger partial charge in [0, 0.05) is 10.5 Å². The lowest BCUT2D eigenvalue weighted by molar-refractivity contribution is -0.385. The number of sulfonamides is 1. The predicted octanol–water partition coefficient (Wildman–Crippen LogP) is 1.02. The summed E-state index contributed by atoms with van der Waals surface area (Å²) in [6, 6.07) is 4.01. The molecule has 1 aromatic rings. The lowest BCUT2D eigenvalue weighted by Crippen LogP contribution is -2.21. The molecule has 0 saturated carbocycles. The van der Waals surface area contributed by atoms with E-state index in [1.807, 2.05) is 0 Å². The monoisotopic (exact) mass is 324 g/mol. The van der Waals surface area contributed by atoms with Crippen molar-refractivity contribution >= 4 is 31.6 Å². The normalized spacial score (nSPS) is 11.2. The van der Waals surface area contributed by atoms with Gasteiger partial charge in [-0.3, -0.25) is 10.1 Å². The van der Waals surface area contributed by atoms with Crippen molar-refractivity contribution in [1.82, 2.24) is 0 Å². The van der Waals surface area contributed by atoms with Gasteiger partial charge in [0.15, 0.2) is 0 Å². The average molecular weight is 325 g/mol. The highest BCUT2D eigenvalue weighted by Crippen LogP contribution is 2.25. The lowest BCUT2D eigenvalue weighted by Gasteiger charge is -2.05. The number of nitrogens with two attached hydrogens (primary N) is 1. The predicted molar refractivity (Wildman–Crippen MR) is 64.3 cm³/mol. The third-order valence-corrected chi connectivity index (χ3v) is 2.90. The molecule has 0 unspecified atom stereocenters. The first-order valence-electron chi connectivity index (χ1n) is 4.36. The highest BCUT2D eigenvalue weighted by atomic mass is 79.9. The van der Waals surface area contributed by atoms with E-state index >= 15 is 0 Å². The molecule has 94 valence electrons. The smallest absolute Gasteiger partial charge is 0.274 e. The molecule has 1 aromatic carbocycles. The zero-order valence-electron chi connectivity index (χ0n) is 8.50. The van der Waals surface area contributed by atoms with Crippen LogP contribution in [0.15, 0.2) is 22.7 Å². The zero-order valence-corrected chi connectivity index (χ0v) is 10.9. The van der Waals surface area contributed by atoms with Crippen LogP contribution in [0.1, 0.15) is 0 Å². The Bertz CT molecular complexity index is 531. The molecule has 0 atom stereocenters. The van der Waals surface area contributed by atoms with Crippen molar-refractivity contribution in [2.75, 3.05) is 12.4 Å². The van der Waals surface area contributed by atoms with Crippen molar-refractivity contribution < 1.29 is 18.1 Å². The number of non-ortho nitro benzene ring substituents is 1. The molecular formula is C8H9BrN2O5S. The van der Waals surface area contributed by atoms with Crippen LogP contribution in [0.2, 0.25) is 0 Å². The Morgan fingerprint density at radius 1 is 1.41 bits per heavy atom. The van der Waals surface area contributed by atoms with E-state index in [4.69, 9.17) is 9.88 Å². The summed E-state index contributed by atoms with van der Waals surface area (Å²) in [6.45, 7) is -0.160. The van der Waals surface area contributed by atoms with Gasteiger partial charge in [-0.15, -0.1) is 0 Å². The van der Waals surface area contributed by atoms with Crippen LogP contribution in [0, 0.1) is 10.1 Å². The van der Waals surface area contributed by atoms with E-state index in [-0.39, 0.29) is 23.8 Å². The minimum atomic E-state index is -3.60. The number of rotatable bonds is 5. The third kappa shape index (κ3) is 5.11. The van der Waals surface area contributed by atoms with Crippen LogP contribution < -0.4 is 9.88 Å². The molecule has 0 aromatic heterocycles. The Balaban J connectivity index is 2.75. The molecule has 0 aliphatic heterocycles. The Morgan fingerprint density at radius 3 is 2.59 bits per heavy atom. The molecule has 0 bridgehead atoms. The molecule has 0 amide bonds. The Labute approximate surface area is 106 Å². The van der Waals surface area contributed by atoms with Crippen molar-refractivity contribution in [3.8, 4) is 5.75 Å². The minimum absolute atomic E-state index is 0.148. The number of hydrogen-bond acceptors (Lipinski definition) is 5. The highest BCUT2D eigenvalue weighted by molar-refractivity contribution is 9.10. The van der Waals surface area contributed by atoms with Crippen molar-refractivity contribution in [3.05, 3.63) is 32.8 Å². The molecule has 0 saturated heterocycles. The van der Waals surface area contributed by atoms with Crippen LogP contribution in [-0.4, -0.2) is 25.7 Å². The van der Waals surface area contributed by atoms with Crippen molar-refractivity contribution in [2.24, 2.45) is 5.14 Å². The van der Waals surface area contributed by atoms with Crippen LogP contribution >= 0.6 is 15.9 Å². The van der Waals surface area contributed by atoms with Gasteiger partial charge in [0.1, 0.15) is 12.4 Å². The van der Waals surface area contributed by atoms with Gasteiger partial charge in [-0.1, -0.05) is 15.9 Å². The van der Waals surface area contributed by atoms with Crippen molar-refractivity contribution in [1.29, 1.82) is 0 Å². The van der Waals surface area contributed by atoms with Crippen LogP contribution in [-0.2, 0) is 10.0 Å². The fourth-order valence-electron chi connectivity index (χ4n) is 1.01. The Morgan fingerprint density at radius 2 is 2.06 bits per heavy atom. The third-order valence-electron chi connectivity index (χ3n) is 1.70. The molecule has 17 heavy (non-hydrogen) atoms. The fraction of sp³-hybridized carbons (Fsp3) is 0.250. The summed E-state index contributed by atoms with van der Waals surface area (Å²) in [7, 11) is -3.60. The van der Waals surface area contributed by atoms with Gasteiger partial charge >= 0.3 is 0 Å². The van der Waals surface area contributed by atoms with Crippen LogP contribution in [0.5, 0.6) is 5.75 Å². The van der Waals surface area contributed by atoms with Gasteiger partial charge < -0.3 is 4.74 Å². The van der Waals surface area contributed by atoms with E-state index in [9.17, 15) is 18.5 Å². The Hall–Kier alpha value is -1.19. The number of nitro benzene ring substituents is 1. The Kier molecular flexibility index (Phi) is 4.43. The van der Waals surface area contributed by atoms with Gasteiger partial charge in [-0.25, -0.2) is 13.6 Å². The van der Waals surface area contributed by atoms with E-state index in [0.717, 1.165) is 0 Å². The topological polar surface area (TPSA) is 113 Å².